The summed E-state index contributed by atoms with van der Waals surface area (Å²) >= 11 is 0. The summed E-state index contributed by atoms with van der Waals surface area (Å²) in [6.45, 7) is 16.7. The molecule has 0 bridgehead atoms. The van der Waals surface area contributed by atoms with Gasteiger partial charge in [-0.05, 0) is 101 Å². The highest BCUT2D eigenvalue weighted by molar-refractivity contribution is 6.12. The minimum Gasteiger partial charge on any atom is -0.347 e. The lowest BCUT2D eigenvalue weighted by molar-refractivity contribution is -0.305. The Morgan fingerprint density at radius 2 is 1.42 bits per heavy atom. The Hall–Kier alpha value is -5.05. The van der Waals surface area contributed by atoms with Gasteiger partial charge in [-0.25, -0.2) is 4.39 Å². The van der Waals surface area contributed by atoms with Gasteiger partial charge in [0.05, 0.1) is 35.9 Å². The first-order valence-corrected chi connectivity index (χ1v) is 19.3. The highest BCUT2D eigenvalue weighted by Gasteiger charge is 2.43. The fourth-order valence-corrected chi connectivity index (χ4v) is 7.83. The fraction of sp³-hybridized carbons (Fsp3) is 0.362. The van der Waals surface area contributed by atoms with E-state index in [1.54, 1.807) is 12.1 Å². The van der Waals surface area contributed by atoms with Crippen molar-refractivity contribution in [2.24, 2.45) is 0 Å². The summed E-state index contributed by atoms with van der Waals surface area (Å²) in [5, 5.41) is 3.16. The number of carbonyl (C=O) groups is 2. The lowest BCUT2D eigenvalue weighted by Gasteiger charge is -2.44. The average molecular weight is 744 g/mol. The zero-order valence-electron chi connectivity index (χ0n) is 33.3. The lowest BCUT2D eigenvalue weighted by atomic mass is 9.94. The van der Waals surface area contributed by atoms with E-state index in [0.29, 0.717) is 24.2 Å². The lowest BCUT2D eigenvalue weighted by Crippen LogP contribution is -2.50. The maximum absolute atomic E-state index is 14.7. The normalized spacial score (nSPS) is 17.5. The van der Waals surface area contributed by atoms with E-state index in [1.165, 1.54) is 12.1 Å². The topological polar surface area (TPSA) is 72.8 Å². The molecule has 1 saturated heterocycles. The summed E-state index contributed by atoms with van der Waals surface area (Å²) in [5.74, 6) is -1.67. The number of anilines is 1. The first kappa shape index (κ1) is 39.6. The number of halogens is 1. The van der Waals surface area contributed by atoms with Gasteiger partial charge in [-0.2, -0.15) is 0 Å². The van der Waals surface area contributed by atoms with Gasteiger partial charge in [-0.3, -0.25) is 9.59 Å². The maximum atomic E-state index is 14.7. The molecule has 0 radical (unpaired) electrons. The molecule has 288 valence electrons. The number of para-hydroxylation sites is 1. The predicted molar refractivity (Wildman–Crippen MR) is 218 cm³/mol. The molecule has 0 saturated carbocycles. The molecule has 5 aromatic rings. The summed E-state index contributed by atoms with van der Waals surface area (Å²) in [7, 11) is 0. The number of benzene rings is 4. The van der Waals surface area contributed by atoms with Crippen molar-refractivity contribution in [2.75, 3.05) is 5.32 Å². The van der Waals surface area contributed by atoms with E-state index in [9.17, 15) is 14.0 Å². The van der Waals surface area contributed by atoms with E-state index in [4.69, 9.17) is 9.47 Å². The molecule has 2 amide bonds. The fourth-order valence-electron chi connectivity index (χ4n) is 7.83. The van der Waals surface area contributed by atoms with Gasteiger partial charge in [0, 0.05) is 35.4 Å². The number of amides is 2. The minimum atomic E-state index is -0.995. The van der Waals surface area contributed by atoms with Crippen LogP contribution in [0.5, 0.6) is 0 Å². The minimum absolute atomic E-state index is 0.00697. The van der Waals surface area contributed by atoms with Crippen molar-refractivity contribution in [1.29, 1.82) is 0 Å². The van der Waals surface area contributed by atoms with Crippen LogP contribution in [0, 0.1) is 5.82 Å². The number of ether oxygens (including phenoxy) is 2. The second-order valence-electron chi connectivity index (χ2n) is 16.3. The molecule has 1 N–H and O–H groups in total. The van der Waals surface area contributed by atoms with Gasteiger partial charge in [-0.1, -0.05) is 92.7 Å². The number of hydrogen-bond donors (Lipinski definition) is 1. The molecule has 3 atom stereocenters. The Morgan fingerprint density at radius 3 is 2.00 bits per heavy atom. The molecule has 8 heteroatoms. The van der Waals surface area contributed by atoms with Gasteiger partial charge in [0.25, 0.3) is 5.91 Å². The standard InChI is InChI=1S/C47H54FN3O4/c1-31(2)43-42(45(53)49-37-22-16-11-17-23-37)41(34-20-14-10-15-21-34)44(35-24-26-36(48)27-25-35)51(43)32(3)39-28-38(54-47(7,8)55-39)29-40(52)50(46(4,5)6)30-33-18-12-9-13-19-33/h9-27,31-32,38-39H,28-30H2,1-8H3,(H,49,53)/t32-,38?,39?/m1/s1. The SMILES string of the molecule is CC(C)c1c(C(=O)Nc2ccccc2)c(-c2ccccc2)c(-c2ccc(F)cc2)n1[C@H](C)C1CC(CC(=O)N(Cc2ccccc2)C(C)(C)C)OC(C)(C)O1. The molecule has 55 heavy (non-hydrogen) atoms. The van der Waals surface area contributed by atoms with Crippen molar-refractivity contribution in [2.45, 2.75) is 110 Å². The Balaban J connectivity index is 1.46. The molecule has 1 aliphatic rings. The Labute approximate surface area is 325 Å². The van der Waals surface area contributed by atoms with Crippen LogP contribution in [0.2, 0.25) is 0 Å². The van der Waals surface area contributed by atoms with E-state index >= 15 is 0 Å². The van der Waals surface area contributed by atoms with Crippen molar-refractivity contribution in [3.8, 4) is 22.4 Å². The highest BCUT2D eigenvalue weighted by atomic mass is 19.1. The van der Waals surface area contributed by atoms with Crippen LogP contribution in [0.1, 0.15) is 102 Å². The molecule has 4 aromatic carbocycles. The second-order valence-corrected chi connectivity index (χ2v) is 16.3. The Morgan fingerprint density at radius 1 is 0.836 bits per heavy atom. The van der Waals surface area contributed by atoms with Crippen LogP contribution in [0.4, 0.5) is 10.1 Å². The monoisotopic (exact) mass is 743 g/mol. The number of carbonyl (C=O) groups excluding carboxylic acids is 2. The van der Waals surface area contributed by atoms with Crippen LogP contribution >= 0.6 is 0 Å². The third-order valence-corrected chi connectivity index (χ3v) is 10.3. The van der Waals surface area contributed by atoms with Crippen molar-refractivity contribution < 1.29 is 23.5 Å². The molecule has 6 rings (SSSR count). The maximum Gasteiger partial charge on any atom is 0.258 e. The summed E-state index contributed by atoms with van der Waals surface area (Å²) in [5.41, 5.74) is 5.92. The molecule has 0 spiro atoms. The van der Waals surface area contributed by atoms with E-state index in [0.717, 1.165) is 33.6 Å². The summed E-state index contributed by atoms with van der Waals surface area (Å²) < 4.78 is 30.0. The summed E-state index contributed by atoms with van der Waals surface area (Å²) in [6, 6.07) is 35.5. The van der Waals surface area contributed by atoms with Crippen LogP contribution in [0.15, 0.2) is 115 Å². The number of rotatable bonds is 11. The third kappa shape index (κ3) is 9.09. The third-order valence-electron chi connectivity index (χ3n) is 10.3. The van der Waals surface area contributed by atoms with Crippen molar-refractivity contribution >= 4 is 17.5 Å². The van der Waals surface area contributed by atoms with Crippen LogP contribution in [-0.4, -0.2) is 44.8 Å². The van der Waals surface area contributed by atoms with Crippen LogP contribution in [0.3, 0.4) is 0 Å². The summed E-state index contributed by atoms with van der Waals surface area (Å²) in [6.07, 6.45) is -0.194. The van der Waals surface area contributed by atoms with Crippen LogP contribution in [-0.2, 0) is 20.8 Å². The first-order chi connectivity index (χ1) is 26.1. The number of hydrogen-bond acceptors (Lipinski definition) is 4. The van der Waals surface area contributed by atoms with E-state index in [1.807, 2.05) is 110 Å². The molecule has 2 heterocycles. The number of nitrogens with zero attached hydrogens (tertiary/aromatic N) is 2. The Bertz CT molecular complexity index is 2070. The molecular formula is C47H54FN3O4. The van der Waals surface area contributed by atoms with Crippen LogP contribution in [0.25, 0.3) is 22.4 Å². The van der Waals surface area contributed by atoms with Crippen molar-refractivity contribution in [3.05, 3.63) is 138 Å². The average Bonchev–Trinajstić information content (AvgIpc) is 3.51. The first-order valence-electron chi connectivity index (χ1n) is 19.3. The quantitative estimate of drug-likeness (QED) is 0.146. The van der Waals surface area contributed by atoms with Gasteiger partial charge in [0.2, 0.25) is 5.91 Å². The van der Waals surface area contributed by atoms with E-state index in [-0.39, 0.29) is 36.0 Å². The largest absolute Gasteiger partial charge is 0.347 e. The zero-order chi connectivity index (χ0) is 39.5. The van der Waals surface area contributed by atoms with Gasteiger partial charge >= 0.3 is 0 Å². The molecule has 7 nitrogen and oxygen atoms in total. The number of aromatic nitrogens is 1. The molecule has 2 unspecified atom stereocenters. The van der Waals surface area contributed by atoms with Gasteiger partial charge < -0.3 is 24.3 Å². The smallest absolute Gasteiger partial charge is 0.258 e. The van der Waals surface area contributed by atoms with Crippen LogP contribution < -0.4 is 5.32 Å². The predicted octanol–water partition coefficient (Wildman–Crippen LogP) is 11.0. The molecule has 1 aromatic heterocycles. The van der Waals surface area contributed by atoms with Gasteiger partial charge in [0.15, 0.2) is 5.79 Å². The highest BCUT2D eigenvalue weighted by Crippen LogP contribution is 2.46. The van der Waals surface area contributed by atoms with Crippen molar-refractivity contribution in [3.63, 3.8) is 0 Å². The van der Waals surface area contributed by atoms with Crippen molar-refractivity contribution in [1.82, 2.24) is 9.47 Å². The summed E-state index contributed by atoms with van der Waals surface area (Å²) in [4.78, 5) is 30.8. The Kier molecular flexibility index (Phi) is 11.8. The molecular weight excluding hydrogens is 690 g/mol. The molecule has 1 aliphatic heterocycles. The van der Waals surface area contributed by atoms with E-state index in [2.05, 4.69) is 51.4 Å². The second kappa shape index (κ2) is 16.4. The van der Waals surface area contributed by atoms with Gasteiger partial charge in [-0.15, -0.1) is 0 Å². The van der Waals surface area contributed by atoms with Gasteiger partial charge in [0.1, 0.15) is 5.82 Å². The van der Waals surface area contributed by atoms with E-state index < -0.39 is 23.5 Å². The number of nitrogens with one attached hydrogen (secondary N) is 1. The zero-order valence-corrected chi connectivity index (χ0v) is 33.3. The molecule has 0 aliphatic carbocycles. The molecule has 1 fully saturated rings.